The van der Waals surface area contributed by atoms with Gasteiger partial charge in [0.25, 0.3) is 0 Å². The van der Waals surface area contributed by atoms with Crippen LogP contribution >= 0.6 is 22.9 Å². The molecule has 1 heterocycles. The van der Waals surface area contributed by atoms with Gasteiger partial charge in [-0.15, -0.1) is 0 Å². The summed E-state index contributed by atoms with van der Waals surface area (Å²) >= 11 is 8.08. The average Bonchev–Trinajstić information content (AvgIpc) is 2.80. The van der Waals surface area contributed by atoms with E-state index in [-0.39, 0.29) is 6.04 Å². The number of benzene rings is 1. The van der Waals surface area contributed by atoms with Gasteiger partial charge in [-0.25, -0.2) is 0 Å². The van der Waals surface area contributed by atoms with E-state index < -0.39 is 0 Å². The second-order valence-electron chi connectivity index (χ2n) is 4.95. The van der Waals surface area contributed by atoms with E-state index in [9.17, 15) is 0 Å². The molecule has 1 aromatic carbocycles. The first-order valence-electron chi connectivity index (χ1n) is 6.32. The van der Waals surface area contributed by atoms with E-state index in [0.29, 0.717) is 0 Å². The Labute approximate surface area is 123 Å². The third-order valence-corrected chi connectivity index (χ3v) is 4.02. The second-order valence-corrected chi connectivity index (χ2v) is 6.14. The molecule has 2 aromatic rings. The molecule has 2 nitrogen and oxygen atoms in total. The van der Waals surface area contributed by atoms with Gasteiger partial charge in [-0.1, -0.05) is 17.7 Å². The summed E-state index contributed by atoms with van der Waals surface area (Å²) < 4.78 is 0. The molecule has 1 atom stereocenters. The van der Waals surface area contributed by atoms with Crippen LogP contribution in [0.5, 0.6) is 0 Å². The van der Waals surface area contributed by atoms with E-state index in [2.05, 4.69) is 40.9 Å². The minimum Gasteiger partial charge on any atom is -0.369 e. The summed E-state index contributed by atoms with van der Waals surface area (Å²) in [7, 11) is 2.06. The van der Waals surface area contributed by atoms with Gasteiger partial charge in [-0.3, -0.25) is 0 Å². The van der Waals surface area contributed by atoms with Crippen LogP contribution in [-0.2, 0) is 13.0 Å². The molecule has 0 radical (unpaired) electrons. The predicted octanol–water partition coefficient (Wildman–Crippen LogP) is 3.93. The van der Waals surface area contributed by atoms with Crippen LogP contribution in [0.1, 0.15) is 18.1 Å². The smallest absolute Gasteiger partial charge is 0.0642 e. The Kier molecular flexibility index (Phi) is 4.86. The van der Waals surface area contributed by atoms with E-state index in [4.69, 9.17) is 17.3 Å². The van der Waals surface area contributed by atoms with Crippen LogP contribution in [0.25, 0.3) is 0 Å². The van der Waals surface area contributed by atoms with Crippen LogP contribution in [0.3, 0.4) is 0 Å². The maximum Gasteiger partial charge on any atom is 0.0642 e. The zero-order valence-corrected chi connectivity index (χ0v) is 12.8. The van der Waals surface area contributed by atoms with Gasteiger partial charge in [-0.05, 0) is 53.4 Å². The van der Waals surface area contributed by atoms with E-state index >= 15 is 0 Å². The highest BCUT2D eigenvalue weighted by Gasteiger charge is 2.08. The summed E-state index contributed by atoms with van der Waals surface area (Å²) in [5, 5.41) is 5.04. The lowest BCUT2D eigenvalue weighted by Crippen LogP contribution is -2.18. The van der Waals surface area contributed by atoms with Crippen molar-refractivity contribution in [3.05, 3.63) is 51.2 Å². The average molecular weight is 295 g/mol. The zero-order valence-electron chi connectivity index (χ0n) is 11.3. The molecule has 0 aliphatic heterocycles. The number of halogens is 1. The van der Waals surface area contributed by atoms with Gasteiger partial charge in [-0.2, -0.15) is 11.3 Å². The topological polar surface area (TPSA) is 29.3 Å². The van der Waals surface area contributed by atoms with Crippen LogP contribution in [0, 0.1) is 0 Å². The van der Waals surface area contributed by atoms with Crippen molar-refractivity contribution in [3.63, 3.8) is 0 Å². The Balaban J connectivity index is 2.11. The SMILES string of the molecule is CC(N)Cc1ccc(N(C)Cc2ccsc2)c(Cl)c1. The van der Waals surface area contributed by atoms with E-state index in [1.165, 1.54) is 11.1 Å². The van der Waals surface area contributed by atoms with Crippen molar-refractivity contribution < 1.29 is 0 Å². The van der Waals surface area contributed by atoms with Crippen LogP contribution in [0.15, 0.2) is 35.0 Å². The minimum absolute atomic E-state index is 0.158. The zero-order chi connectivity index (χ0) is 13.8. The van der Waals surface area contributed by atoms with Crippen molar-refractivity contribution in [1.82, 2.24) is 0 Å². The van der Waals surface area contributed by atoms with Gasteiger partial charge in [0.05, 0.1) is 10.7 Å². The van der Waals surface area contributed by atoms with Crippen LogP contribution in [0.2, 0.25) is 5.02 Å². The van der Waals surface area contributed by atoms with Gasteiger partial charge in [0.1, 0.15) is 0 Å². The number of hydrogen-bond donors (Lipinski definition) is 1. The maximum absolute atomic E-state index is 6.37. The predicted molar refractivity (Wildman–Crippen MR) is 85.2 cm³/mol. The van der Waals surface area contributed by atoms with Gasteiger partial charge >= 0.3 is 0 Å². The molecule has 0 aliphatic carbocycles. The molecule has 0 spiro atoms. The summed E-state index contributed by atoms with van der Waals surface area (Å²) in [4.78, 5) is 2.17. The highest BCUT2D eigenvalue weighted by atomic mass is 35.5. The fourth-order valence-corrected chi connectivity index (χ4v) is 3.11. The molecular formula is C15H19ClN2S. The number of thiophene rings is 1. The van der Waals surface area contributed by atoms with Crippen molar-refractivity contribution in [2.24, 2.45) is 5.73 Å². The molecule has 0 saturated heterocycles. The van der Waals surface area contributed by atoms with Crippen molar-refractivity contribution in [1.29, 1.82) is 0 Å². The molecule has 2 N–H and O–H groups in total. The van der Waals surface area contributed by atoms with Crippen LogP contribution < -0.4 is 10.6 Å². The fourth-order valence-electron chi connectivity index (χ4n) is 2.10. The Hall–Kier alpha value is -1.03. The van der Waals surface area contributed by atoms with Crippen LogP contribution in [-0.4, -0.2) is 13.1 Å². The third kappa shape index (κ3) is 3.96. The largest absolute Gasteiger partial charge is 0.369 e. The van der Waals surface area contributed by atoms with Crippen LogP contribution in [0.4, 0.5) is 5.69 Å². The number of nitrogens with two attached hydrogens (primary N) is 1. The standard InChI is InChI=1S/C15H19ClN2S/c1-11(17)7-12-3-4-15(14(16)8-12)18(2)9-13-5-6-19-10-13/h3-6,8,10-11H,7,9,17H2,1-2H3. The Bertz CT molecular complexity index is 523. The molecule has 4 heteroatoms. The van der Waals surface area contributed by atoms with Gasteiger partial charge in [0, 0.05) is 19.6 Å². The van der Waals surface area contributed by atoms with Crippen molar-refractivity contribution in [3.8, 4) is 0 Å². The Morgan fingerprint density at radius 2 is 2.11 bits per heavy atom. The fraction of sp³-hybridized carbons (Fsp3) is 0.333. The molecule has 1 unspecified atom stereocenters. The second kappa shape index (κ2) is 6.42. The van der Waals surface area contributed by atoms with Crippen molar-refractivity contribution in [2.75, 3.05) is 11.9 Å². The normalized spacial score (nSPS) is 12.4. The maximum atomic E-state index is 6.37. The highest BCUT2D eigenvalue weighted by Crippen LogP contribution is 2.27. The van der Waals surface area contributed by atoms with Crippen molar-refractivity contribution >= 4 is 28.6 Å². The first-order chi connectivity index (χ1) is 9.06. The molecule has 0 saturated carbocycles. The first kappa shape index (κ1) is 14.4. The summed E-state index contributed by atoms with van der Waals surface area (Å²) in [5.41, 5.74) is 9.36. The molecule has 1 aromatic heterocycles. The Morgan fingerprint density at radius 3 is 2.68 bits per heavy atom. The molecular weight excluding hydrogens is 276 g/mol. The summed E-state index contributed by atoms with van der Waals surface area (Å²) in [6, 6.07) is 8.50. The van der Waals surface area contributed by atoms with E-state index in [0.717, 1.165) is 23.7 Å². The molecule has 0 fully saturated rings. The summed E-state index contributed by atoms with van der Waals surface area (Å²) in [6.07, 6.45) is 0.855. The van der Waals surface area contributed by atoms with Gasteiger partial charge in [0.15, 0.2) is 0 Å². The number of nitrogens with zero attached hydrogens (tertiary/aromatic N) is 1. The summed E-state index contributed by atoms with van der Waals surface area (Å²) in [6.45, 7) is 2.88. The van der Waals surface area contributed by atoms with Gasteiger partial charge < -0.3 is 10.6 Å². The van der Waals surface area contributed by atoms with E-state index in [1.54, 1.807) is 11.3 Å². The monoisotopic (exact) mass is 294 g/mol. The molecule has 0 aliphatic rings. The third-order valence-electron chi connectivity index (χ3n) is 2.98. The molecule has 102 valence electrons. The van der Waals surface area contributed by atoms with Gasteiger partial charge in [0.2, 0.25) is 0 Å². The number of rotatable bonds is 5. The quantitative estimate of drug-likeness (QED) is 0.905. The van der Waals surface area contributed by atoms with E-state index in [1.807, 2.05) is 13.0 Å². The number of anilines is 1. The minimum atomic E-state index is 0.158. The molecule has 19 heavy (non-hydrogen) atoms. The van der Waals surface area contributed by atoms with Crippen molar-refractivity contribution in [2.45, 2.75) is 25.9 Å². The lowest BCUT2D eigenvalue weighted by molar-refractivity contribution is 0.738. The lowest BCUT2D eigenvalue weighted by Gasteiger charge is -2.21. The molecule has 0 bridgehead atoms. The number of hydrogen-bond acceptors (Lipinski definition) is 3. The lowest BCUT2D eigenvalue weighted by atomic mass is 10.1. The first-order valence-corrected chi connectivity index (χ1v) is 7.64. The Morgan fingerprint density at radius 1 is 1.32 bits per heavy atom. The highest BCUT2D eigenvalue weighted by molar-refractivity contribution is 7.07. The molecule has 2 rings (SSSR count). The summed E-state index contributed by atoms with van der Waals surface area (Å²) in [5.74, 6) is 0. The molecule has 0 amide bonds.